The molecule has 152 valence electrons. The van der Waals surface area contributed by atoms with Gasteiger partial charge in [-0.2, -0.15) is 0 Å². The van der Waals surface area contributed by atoms with Gasteiger partial charge in [0.25, 0.3) is 0 Å². The van der Waals surface area contributed by atoms with Gasteiger partial charge >= 0.3 is 6.03 Å². The van der Waals surface area contributed by atoms with Crippen molar-refractivity contribution in [3.63, 3.8) is 0 Å². The number of nitrogens with one attached hydrogen (secondary N) is 2. The third-order valence-electron chi connectivity index (χ3n) is 4.24. The molecule has 3 heterocycles. The fourth-order valence-electron chi connectivity index (χ4n) is 3.00. The Morgan fingerprint density at radius 2 is 2.04 bits per heavy atom. The molecule has 0 bridgehead atoms. The third kappa shape index (κ3) is 5.51. The van der Waals surface area contributed by atoms with E-state index in [9.17, 15) is 9.59 Å². The summed E-state index contributed by atoms with van der Waals surface area (Å²) in [5, 5.41) is 14.2. The summed E-state index contributed by atoms with van der Waals surface area (Å²) >= 11 is 1.25. The highest BCUT2D eigenvalue weighted by Gasteiger charge is 2.22. The SMILES string of the molecule is CC(C)NC(=O)NC(=O)CSc1nnc(N2CCCCC2)n1Cc1ccco1. The standard InChI is InChI=1S/C18H26N6O3S/c1-13(2)19-16(26)20-15(25)12-28-18-22-21-17(23-8-4-3-5-9-23)24(18)11-14-7-6-10-27-14/h6-7,10,13H,3-5,8-9,11-12H2,1-2H3,(H2,19,20,25,26). The number of furan rings is 1. The van der Waals surface area contributed by atoms with Gasteiger partial charge in [0.1, 0.15) is 5.76 Å². The highest BCUT2D eigenvalue weighted by atomic mass is 32.2. The van der Waals surface area contributed by atoms with Crippen LogP contribution < -0.4 is 15.5 Å². The molecule has 1 aliphatic heterocycles. The second-order valence-electron chi connectivity index (χ2n) is 6.96. The van der Waals surface area contributed by atoms with Gasteiger partial charge < -0.3 is 14.6 Å². The zero-order chi connectivity index (χ0) is 19.9. The Morgan fingerprint density at radius 3 is 2.71 bits per heavy atom. The molecular weight excluding hydrogens is 380 g/mol. The molecule has 0 aliphatic carbocycles. The Bertz CT molecular complexity index is 783. The minimum Gasteiger partial charge on any atom is -0.467 e. The first-order valence-electron chi connectivity index (χ1n) is 9.46. The maximum Gasteiger partial charge on any atom is 0.321 e. The summed E-state index contributed by atoms with van der Waals surface area (Å²) in [5.41, 5.74) is 0. The number of hydrogen-bond donors (Lipinski definition) is 2. The molecule has 0 saturated carbocycles. The molecule has 0 unspecified atom stereocenters. The summed E-state index contributed by atoms with van der Waals surface area (Å²) in [6.45, 7) is 6.04. The number of anilines is 1. The van der Waals surface area contributed by atoms with Gasteiger partial charge in [-0.1, -0.05) is 11.8 Å². The summed E-state index contributed by atoms with van der Waals surface area (Å²) in [5.74, 6) is 1.27. The molecule has 28 heavy (non-hydrogen) atoms. The number of aromatic nitrogens is 3. The van der Waals surface area contributed by atoms with Gasteiger partial charge in [-0.05, 0) is 45.2 Å². The van der Waals surface area contributed by atoms with Crippen LogP contribution >= 0.6 is 11.8 Å². The van der Waals surface area contributed by atoms with E-state index in [1.807, 2.05) is 30.5 Å². The molecule has 3 amide bonds. The minimum absolute atomic E-state index is 0.0380. The fraction of sp³-hybridized carbons (Fsp3) is 0.556. The number of carbonyl (C=O) groups excluding carboxylic acids is 2. The van der Waals surface area contributed by atoms with E-state index in [-0.39, 0.29) is 17.7 Å². The van der Waals surface area contributed by atoms with Crippen LogP contribution in [0.1, 0.15) is 38.9 Å². The van der Waals surface area contributed by atoms with Gasteiger partial charge in [0.05, 0.1) is 18.6 Å². The van der Waals surface area contributed by atoms with E-state index in [4.69, 9.17) is 4.42 Å². The normalized spacial score (nSPS) is 14.3. The van der Waals surface area contributed by atoms with E-state index in [2.05, 4.69) is 25.7 Å². The van der Waals surface area contributed by atoms with Crippen molar-refractivity contribution in [2.45, 2.75) is 50.9 Å². The van der Waals surface area contributed by atoms with Gasteiger partial charge in [0.15, 0.2) is 5.16 Å². The molecule has 1 aliphatic rings. The van der Waals surface area contributed by atoms with Crippen molar-refractivity contribution in [1.29, 1.82) is 0 Å². The predicted octanol–water partition coefficient (Wildman–Crippen LogP) is 2.24. The first kappa shape index (κ1) is 20.2. The molecule has 3 rings (SSSR count). The van der Waals surface area contributed by atoms with Crippen molar-refractivity contribution in [3.05, 3.63) is 24.2 Å². The highest BCUT2D eigenvalue weighted by molar-refractivity contribution is 7.99. The van der Waals surface area contributed by atoms with Gasteiger partial charge in [0.2, 0.25) is 11.9 Å². The van der Waals surface area contributed by atoms with Crippen LogP contribution in [0.3, 0.4) is 0 Å². The molecule has 2 aromatic rings. The molecule has 1 fully saturated rings. The van der Waals surface area contributed by atoms with Crippen LogP contribution in [0.25, 0.3) is 0 Å². The van der Waals surface area contributed by atoms with Crippen LogP contribution in [0.15, 0.2) is 28.0 Å². The molecule has 2 aromatic heterocycles. The molecule has 1 saturated heterocycles. The van der Waals surface area contributed by atoms with Crippen molar-refractivity contribution in [2.24, 2.45) is 0 Å². The Balaban J connectivity index is 1.68. The number of urea groups is 1. The lowest BCUT2D eigenvalue weighted by molar-refractivity contribution is -0.117. The number of piperidine rings is 1. The van der Waals surface area contributed by atoms with E-state index in [0.717, 1.165) is 37.6 Å². The van der Waals surface area contributed by atoms with Gasteiger partial charge in [-0.25, -0.2) is 4.79 Å². The monoisotopic (exact) mass is 406 g/mol. The van der Waals surface area contributed by atoms with E-state index in [1.54, 1.807) is 6.26 Å². The van der Waals surface area contributed by atoms with Gasteiger partial charge in [-0.3, -0.25) is 14.7 Å². The number of nitrogens with zero attached hydrogens (tertiary/aromatic N) is 4. The molecule has 9 nitrogen and oxygen atoms in total. The van der Waals surface area contributed by atoms with E-state index in [1.165, 1.54) is 18.2 Å². The second kappa shape index (κ2) is 9.63. The van der Waals surface area contributed by atoms with Crippen molar-refractivity contribution in [3.8, 4) is 0 Å². The van der Waals surface area contributed by atoms with Crippen LogP contribution in [-0.4, -0.2) is 51.6 Å². The van der Waals surface area contributed by atoms with Crippen LogP contribution in [0.4, 0.5) is 10.7 Å². The molecular formula is C18H26N6O3S. The largest absolute Gasteiger partial charge is 0.467 e. The Labute approximate surface area is 168 Å². The molecule has 0 aromatic carbocycles. The van der Waals surface area contributed by atoms with Gasteiger partial charge in [0, 0.05) is 19.1 Å². The Morgan fingerprint density at radius 1 is 1.25 bits per heavy atom. The molecule has 0 atom stereocenters. The Hall–Kier alpha value is -2.49. The number of carbonyl (C=O) groups is 2. The highest BCUT2D eigenvalue weighted by Crippen LogP contribution is 2.25. The maximum atomic E-state index is 12.1. The topological polar surface area (TPSA) is 105 Å². The number of imide groups is 1. The minimum atomic E-state index is -0.494. The van der Waals surface area contributed by atoms with Crippen molar-refractivity contribution >= 4 is 29.6 Å². The van der Waals surface area contributed by atoms with Crippen molar-refractivity contribution in [1.82, 2.24) is 25.4 Å². The zero-order valence-corrected chi connectivity index (χ0v) is 17.0. The average molecular weight is 407 g/mol. The molecule has 0 radical (unpaired) electrons. The van der Waals surface area contributed by atoms with Crippen molar-refractivity contribution < 1.29 is 14.0 Å². The summed E-state index contributed by atoms with van der Waals surface area (Å²) in [7, 11) is 0. The zero-order valence-electron chi connectivity index (χ0n) is 16.2. The molecule has 0 spiro atoms. The van der Waals surface area contributed by atoms with Crippen molar-refractivity contribution in [2.75, 3.05) is 23.7 Å². The quantitative estimate of drug-likeness (QED) is 0.679. The summed E-state index contributed by atoms with van der Waals surface area (Å²) in [6.07, 6.45) is 5.11. The summed E-state index contributed by atoms with van der Waals surface area (Å²) < 4.78 is 7.45. The fourth-order valence-corrected chi connectivity index (χ4v) is 3.74. The van der Waals surface area contributed by atoms with Crippen LogP contribution in [-0.2, 0) is 11.3 Å². The summed E-state index contributed by atoms with van der Waals surface area (Å²) in [4.78, 5) is 25.9. The number of amides is 3. The maximum absolute atomic E-state index is 12.1. The van der Waals surface area contributed by atoms with Crippen LogP contribution in [0.2, 0.25) is 0 Å². The van der Waals surface area contributed by atoms with Crippen LogP contribution in [0.5, 0.6) is 0 Å². The van der Waals surface area contributed by atoms with Crippen LogP contribution in [0, 0.1) is 0 Å². The molecule has 10 heteroatoms. The number of hydrogen-bond acceptors (Lipinski definition) is 7. The average Bonchev–Trinajstić information content (AvgIpc) is 3.30. The number of rotatable bonds is 7. The number of thioether (sulfide) groups is 1. The lowest BCUT2D eigenvalue weighted by Gasteiger charge is -2.27. The van der Waals surface area contributed by atoms with E-state index < -0.39 is 6.03 Å². The van der Waals surface area contributed by atoms with E-state index >= 15 is 0 Å². The summed E-state index contributed by atoms with van der Waals surface area (Å²) in [6, 6.07) is 3.21. The third-order valence-corrected chi connectivity index (χ3v) is 5.20. The lowest BCUT2D eigenvalue weighted by Crippen LogP contribution is -2.43. The Kier molecular flexibility index (Phi) is 6.96. The van der Waals surface area contributed by atoms with E-state index in [0.29, 0.717) is 11.7 Å². The lowest BCUT2D eigenvalue weighted by atomic mass is 10.1. The second-order valence-corrected chi connectivity index (χ2v) is 7.90. The molecule has 2 N–H and O–H groups in total. The smallest absolute Gasteiger partial charge is 0.321 e. The predicted molar refractivity (Wildman–Crippen MR) is 106 cm³/mol. The first-order chi connectivity index (χ1) is 13.5. The van der Waals surface area contributed by atoms with Gasteiger partial charge in [-0.15, -0.1) is 10.2 Å². The first-order valence-corrected chi connectivity index (χ1v) is 10.4.